The summed E-state index contributed by atoms with van der Waals surface area (Å²) in [6, 6.07) is 16.6. The van der Waals surface area contributed by atoms with Crippen LogP contribution in [0.2, 0.25) is 0 Å². The Hall–Kier alpha value is -2.86. The topological polar surface area (TPSA) is 40.5 Å². The van der Waals surface area contributed by atoms with Crippen molar-refractivity contribution < 1.29 is 9.18 Å². The fourth-order valence-electron chi connectivity index (χ4n) is 3.28. The summed E-state index contributed by atoms with van der Waals surface area (Å²) >= 11 is 0. The number of amides is 2. The third kappa shape index (κ3) is 6.06. The SMILES string of the molecule is CN(C)CCN(Cc1ccc(F)cc1)C(=O)NCCCn1ccc2ccccc21. The van der Waals surface area contributed by atoms with Gasteiger partial charge < -0.3 is 19.7 Å². The highest BCUT2D eigenvalue weighted by atomic mass is 19.1. The molecule has 0 bridgehead atoms. The van der Waals surface area contributed by atoms with E-state index in [-0.39, 0.29) is 11.8 Å². The average molecular weight is 397 g/mol. The van der Waals surface area contributed by atoms with Crippen molar-refractivity contribution in [1.29, 1.82) is 0 Å². The molecule has 29 heavy (non-hydrogen) atoms. The molecule has 0 saturated heterocycles. The summed E-state index contributed by atoms with van der Waals surface area (Å²) in [6.07, 6.45) is 2.94. The first kappa shape index (κ1) is 20.9. The number of nitrogens with one attached hydrogen (secondary N) is 1. The third-order valence-electron chi connectivity index (χ3n) is 4.92. The lowest BCUT2D eigenvalue weighted by atomic mass is 10.2. The van der Waals surface area contributed by atoms with E-state index in [2.05, 4.69) is 34.3 Å². The van der Waals surface area contributed by atoms with Crippen LogP contribution in [-0.4, -0.2) is 54.1 Å². The smallest absolute Gasteiger partial charge is 0.317 e. The second-order valence-electron chi connectivity index (χ2n) is 7.50. The van der Waals surface area contributed by atoms with E-state index in [0.29, 0.717) is 19.6 Å². The zero-order chi connectivity index (χ0) is 20.6. The summed E-state index contributed by atoms with van der Waals surface area (Å²) in [5, 5.41) is 4.26. The van der Waals surface area contributed by atoms with Gasteiger partial charge in [0.25, 0.3) is 0 Å². The Morgan fingerprint density at radius 1 is 1.03 bits per heavy atom. The predicted molar refractivity (Wildman–Crippen MR) is 115 cm³/mol. The zero-order valence-corrected chi connectivity index (χ0v) is 17.1. The molecule has 0 fully saturated rings. The fraction of sp³-hybridized carbons (Fsp3) is 0.348. The van der Waals surface area contributed by atoms with Gasteiger partial charge in [-0.3, -0.25) is 0 Å². The van der Waals surface area contributed by atoms with Gasteiger partial charge in [-0.2, -0.15) is 0 Å². The van der Waals surface area contributed by atoms with Gasteiger partial charge in [0.2, 0.25) is 0 Å². The molecular formula is C23H29FN4O. The van der Waals surface area contributed by atoms with Gasteiger partial charge in [0.1, 0.15) is 5.82 Å². The molecule has 3 aromatic rings. The van der Waals surface area contributed by atoms with Crippen LogP contribution in [0.25, 0.3) is 10.9 Å². The Morgan fingerprint density at radius 2 is 1.79 bits per heavy atom. The number of hydrogen-bond donors (Lipinski definition) is 1. The number of nitrogens with zero attached hydrogens (tertiary/aromatic N) is 3. The van der Waals surface area contributed by atoms with Crippen molar-refractivity contribution in [1.82, 2.24) is 19.7 Å². The van der Waals surface area contributed by atoms with Gasteiger partial charge in [-0.05, 0) is 55.7 Å². The van der Waals surface area contributed by atoms with E-state index in [1.165, 1.54) is 23.0 Å². The standard InChI is InChI=1S/C23H29FN4O/c1-26(2)16-17-28(18-19-8-10-21(24)11-9-19)23(29)25-13-5-14-27-15-12-20-6-3-4-7-22(20)27/h3-4,6-12,15H,5,13-14,16-18H2,1-2H3,(H,25,29). The lowest BCUT2D eigenvalue weighted by Crippen LogP contribution is -2.43. The molecule has 154 valence electrons. The zero-order valence-electron chi connectivity index (χ0n) is 17.1. The van der Waals surface area contributed by atoms with Crippen LogP contribution >= 0.6 is 0 Å². The quantitative estimate of drug-likeness (QED) is 0.557. The molecule has 1 heterocycles. The molecule has 5 nitrogen and oxygen atoms in total. The number of para-hydroxylation sites is 1. The molecule has 0 saturated carbocycles. The Bertz CT molecular complexity index is 920. The molecule has 3 rings (SSSR count). The van der Waals surface area contributed by atoms with Crippen molar-refractivity contribution in [3.05, 3.63) is 72.2 Å². The first-order chi connectivity index (χ1) is 14.0. The van der Waals surface area contributed by atoms with Crippen molar-refractivity contribution in [2.75, 3.05) is 33.7 Å². The van der Waals surface area contributed by atoms with E-state index in [4.69, 9.17) is 0 Å². The Morgan fingerprint density at radius 3 is 2.55 bits per heavy atom. The molecule has 0 aliphatic heterocycles. The number of rotatable bonds is 9. The molecule has 0 unspecified atom stereocenters. The van der Waals surface area contributed by atoms with Crippen LogP contribution in [-0.2, 0) is 13.1 Å². The predicted octanol–water partition coefficient (Wildman–Crippen LogP) is 3.94. The number of halogens is 1. The maximum atomic E-state index is 13.2. The lowest BCUT2D eigenvalue weighted by molar-refractivity contribution is 0.188. The minimum absolute atomic E-state index is 0.0893. The normalized spacial score (nSPS) is 11.2. The minimum atomic E-state index is -0.268. The number of likely N-dealkylation sites (N-methyl/N-ethyl adjacent to an activating group) is 1. The Balaban J connectivity index is 1.52. The van der Waals surface area contributed by atoms with E-state index < -0.39 is 0 Å². The first-order valence-electron chi connectivity index (χ1n) is 9.99. The Kier molecular flexibility index (Phi) is 7.25. The molecule has 0 atom stereocenters. The summed E-state index contributed by atoms with van der Waals surface area (Å²) in [7, 11) is 3.96. The van der Waals surface area contributed by atoms with Crippen molar-refractivity contribution >= 4 is 16.9 Å². The van der Waals surface area contributed by atoms with Crippen molar-refractivity contribution in [2.45, 2.75) is 19.5 Å². The summed E-state index contributed by atoms with van der Waals surface area (Å²) in [6.45, 7) is 3.29. The average Bonchev–Trinajstić information content (AvgIpc) is 3.13. The second-order valence-corrected chi connectivity index (χ2v) is 7.50. The number of urea groups is 1. The minimum Gasteiger partial charge on any atom is -0.347 e. The van der Waals surface area contributed by atoms with Crippen LogP contribution < -0.4 is 5.32 Å². The molecule has 2 aromatic carbocycles. The van der Waals surface area contributed by atoms with Gasteiger partial charge in [0.15, 0.2) is 0 Å². The molecule has 0 aliphatic rings. The monoisotopic (exact) mass is 396 g/mol. The highest BCUT2D eigenvalue weighted by Crippen LogP contribution is 2.15. The van der Waals surface area contributed by atoms with E-state index in [1.807, 2.05) is 31.1 Å². The lowest BCUT2D eigenvalue weighted by Gasteiger charge is -2.25. The Labute approximate surface area is 171 Å². The van der Waals surface area contributed by atoms with Crippen LogP contribution in [0.15, 0.2) is 60.8 Å². The third-order valence-corrected chi connectivity index (χ3v) is 4.92. The second kappa shape index (κ2) is 10.1. The van der Waals surface area contributed by atoms with Crippen molar-refractivity contribution in [3.63, 3.8) is 0 Å². The number of benzene rings is 2. The fourth-order valence-corrected chi connectivity index (χ4v) is 3.28. The number of hydrogen-bond acceptors (Lipinski definition) is 2. The number of aromatic nitrogens is 1. The highest BCUT2D eigenvalue weighted by molar-refractivity contribution is 5.79. The van der Waals surface area contributed by atoms with E-state index in [9.17, 15) is 9.18 Å². The van der Waals surface area contributed by atoms with Crippen LogP contribution in [0.5, 0.6) is 0 Å². The highest BCUT2D eigenvalue weighted by Gasteiger charge is 2.14. The summed E-state index contributed by atoms with van der Waals surface area (Å²) < 4.78 is 15.4. The van der Waals surface area contributed by atoms with Crippen LogP contribution in [0.3, 0.4) is 0 Å². The summed E-state index contributed by atoms with van der Waals surface area (Å²) in [5.41, 5.74) is 2.13. The van der Waals surface area contributed by atoms with Gasteiger partial charge in [-0.1, -0.05) is 30.3 Å². The van der Waals surface area contributed by atoms with E-state index in [0.717, 1.165) is 25.1 Å². The summed E-state index contributed by atoms with van der Waals surface area (Å²) in [4.78, 5) is 16.5. The number of carbonyl (C=O) groups excluding carboxylic acids is 1. The van der Waals surface area contributed by atoms with Crippen molar-refractivity contribution in [2.24, 2.45) is 0 Å². The first-order valence-corrected chi connectivity index (χ1v) is 9.99. The van der Waals surface area contributed by atoms with Gasteiger partial charge in [0, 0.05) is 44.4 Å². The van der Waals surface area contributed by atoms with E-state index >= 15 is 0 Å². The molecule has 0 radical (unpaired) electrons. The molecule has 2 amide bonds. The maximum absolute atomic E-state index is 13.2. The van der Waals surface area contributed by atoms with Crippen molar-refractivity contribution in [3.8, 4) is 0 Å². The van der Waals surface area contributed by atoms with Crippen LogP contribution in [0.4, 0.5) is 9.18 Å². The molecule has 1 N–H and O–H groups in total. The van der Waals surface area contributed by atoms with E-state index in [1.54, 1.807) is 17.0 Å². The van der Waals surface area contributed by atoms with Crippen LogP contribution in [0, 0.1) is 5.82 Å². The molecular weight excluding hydrogens is 367 g/mol. The van der Waals surface area contributed by atoms with Gasteiger partial charge in [0.05, 0.1) is 0 Å². The van der Waals surface area contributed by atoms with Gasteiger partial charge in [-0.15, -0.1) is 0 Å². The largest absolute Gasteiger partial charge is 0.347 e. The number of fused-ring (bicyclic) bond motifs is 1. The number of aryl methyl sites for hydroxylation is 1. The molecule has 0 spiro atoms. The number of carbonyl (C=O) groups is 1. The molecule has 1 aromatic heterocycles. The molecule has 0 aliphatic carbocycles. The van der Waals surface area contributed by atoms with Crippen LogP contribution in [0.1, 0.15) is 12.0 Å². The van der Waals surface area contributed by atoms with Gasteiger partial charge in [-0.25, -0.2) is 9.18 Å². The molecule has 6 heteroatoms. The maximum Gasteiger partial charge on any atom is 0.317 e. The van der Waals surface area contributed by atoms with Gasteiger partial charge >= 0.3 is 6.03 Å². The summed E-state index contributed by atoms with van der Waals surface area (Å²) in [5.74, 6) is -0.268.